The van der Waals surface area contributed by atoms with Crippen LogP contribution >= 0.6 is 0 Å². The first-order chi connectivity index (χ1) is 14.1. The smallest absolute Gasteiger partial charge is 0.261 e. The van der Waals surface area contributed by atoms with E-state index in [9.17, 15) is 4.79 Å². The molecule has 0 saturated heterocycles. The quantitative estimate of drug-likeness (QED) is 0.608. The van der Waals surface area contributed by atoms with Crippen LogP contribution in [0.5, 0.6) is 0 Å². The molecule has 1 aliphatic carbocycles. The number of ether oxygens (including phenoxy) is 1. The van der Waals surface area contributed by atoms with Gasteiger partial charge in [-0.05, 0) is 56.4 Å². The molecular formula is C24H29N3O2. The van der Waals surface area contributed by atoms with Crippen molar-refractivity contribution in [1.82, 2.24) is 9.55 Å². The fourth-order valence-electron chi connectivity index (χ4n) is 4.24. The molecule has 3 aromatic rings. The summed E-state index contributed by atoms with van der Waals surface area (Å²) in [5.41, 5.74) is 3.03. The predicted octanol–water partition coefficient (Wildman–Crippen LogP) is 4.12. The van der Waals surface area contributed by atoms with Gasteiger partial charge in [0.15, 0.2) is 0 Å². The zero-order valence-corrected chi connectivity index (χ0v) is 17.5. The summed E-state index contributed by atoms with van der Waals surface area (Å²) in [6, 6.07) is 16.8. The molecule has 0 radical (unpaired) electrons. The van der Waals surface area contributed by atoms with E-state index in [2.05, 4.69) is 30.1 Å². The number of benzene rings is 2. The molecule has 1 fully saturated rings. The first-order valence-electron chi connectivity index (χ1n) is 10.4. The largest absolute Gasteiger partial charge is 0.383 e. The highest BCUT2D eigenvalue weighted by Gasteiger charge is 2.23. The van der Waals surface area contributed by atoms with E-state index in [0.29, 0.717) is 18.0 Å². The molecule has 0 aliphatic heterocycles. The summed E-state index contributed by atoms with van der Waals surface area (Å²) in [4.78, 5) is 20.6. The molecule has 0 amide bonds. The van der Waals surface area contributed by atoms with Crippen LogP contribution in [-0.4, -0.2) is 36.4 Å². The molecule has 1 unspecified atom stereocenters. The Balaban J connectivity index is 1.76. The van der Waals surface area contributed by atoms with Gasteiger partial charge >= 0.3 is 0 Å². The molecule has 0 bridgehead atoms. The molecule has 1 atom stereocenters. The minimum atomic E-state index is -0.0974. The van der Waals surface area contributed by atoms with E-state index in [1.54, 1.807) is 7.11 Å². The lowest BCUT2D eigenvalue weighted by atomic mass is 9.91. The summed E-state index contributed by atoms with van der Waals surface area (Å²) < 4.78 is 7.28. The lowest BCUT2D eigenvalue weighted by Crippen LogP contribution is -2.37. The van der Waals surface area contributed by atoms with Gasteiger partial charge in [-0.15, -0.1) is 0 Å². The highest BCUT2D eigenvalue weighted by atomic mass is 16.5. The highest BCUT2D eigenvalue weighted by molar-refractivity contribution is 5.82. The summed E-state index contributed by atoms with van der Waals surface area (Å²) in [6.45, 7) is 2.37. The van der Waals surface area contributed by atoms with Crippen molar-refractivity contribution in [2.24, 2.45) is 0 Å². The van der Waals surface area contributed by atoms with Gasteiger partial charge in [0.1, 0.15) is 5.82 Å². The number of methoxy groups -OCH3 is 1. The molecule has 152 valence electrons. The van der Waals surface area contributed by atoms with Crippen molar-refractivity contribution in [3.8, 4) is 0 Å². The van der Waals surface area contributed by atoms with Crippen LogP contribution in [-0.2, 0) is 11.2 Å². The SMILES string of the molecule is COCC(Cc1ccccc1)n1c(C)nc2ccc(N(C)C3CCC3)cc2c1=O. The fourth-order valence-corrected chi connectivity index (χ4v) is 4.24. The van der Waals surface area contributed by atoms with Crippen molar-refractivity contribution in [3.05, 3.63) is 70.3 Å². The van der Waals surface area contributed by atoms with Crippen LogP contribution in [0.1, 0.15) is 36.7 Å². The van der Waals surface area contributed by atoms with Crippen LogP contribution in [0.4, 0.5) is 5.69 Å². The van der Waals surface area contributed by atoms with Crippen LogP contribution in [0.2, 0.25) is 0 Å². The van der Waals surface area contributed by atoms with Gasteiger partial charge in [0.25, 0.3) is 5.56 Å². The van der Waals surface area contributed by atoms with Crippen LogP contribution in [0, 0.1) is 6.92 Å². The summed E-state index contributed by atoms with van der Waals surface area (Å²) in [5.74, 6) is 0.723. The van der Waals surface area contributed by atoms with Gasteiger partial charge in [-0.25, -0.2) is 4.98 Å². The molecule has 1 aromatic heterocycles. The number of aromatic nitrogens is 2. The monoisotopic (exact) mass is 391 g/mol. The van der Waals surface area contributed by atoms with Crippen molar-refractivity contribution in [2.75, 3.05) is 25.7 Å². The molecule has 5 heteroatoms. The lowest BCUT2D eigenvalue weighted by molar-refractivity contribution is 0.152. The second-order valence-electron chi connectivity index (χ2n) is 8.03. The van der Waals surface area contributed by atoms with E-state index in [1.807, 2.05) is 41.8 Å². The van der Waals surface area contributed by atoms with Gasteiger partial charge in [0.2, 0.25) is 0 Å². The second-order valence-corrected chi connectivity index (χ2v) is 8.03. The number of anilines is 1. The Morgan fingerprint density at radius 3 is 2.62 bits per heavy atom. The Labute approximate surface area is 171 Å². The van der Waals surface area contributed by atoms with Gasteiger partial charge in [-0.3, -0.25) is 9.36 Å². The number of nitrogens with zero attached hydrogens (tertiary/aromatic N) is 3. The predicted molar refractivity (Wildman–Crippen MR) is 118 cm³/mol. The first-order valence-corrected chi connectivity index (χ1v) is 10.4. The van der Waals surface area contributed by atoms with Crippen molar-refractivity contribution in [2.45, 2.75) is 44.7 Å². The zero-order chi connectivity index (χ0) is 20.4. The Kier molecular flexibility index (Phi) is 5.67. The first kappa shape index (κ1) is 19.6. The zero-order valence-electron chi connectivity index (χ0n) is 17.5. The van der Waals surface area contributed by atoms with Crippen molar-refractivity contribution < 1.29 is 4.74 Å². The third kappa shape index (κ3) is 3.92. The van der Waals surface area contributed by atoms with E-state index in [4.69, 9.17) is 9.72 Å². The Morgan fingerprint density at radius 1 is 1.21 bits per heavy atom. The van der Waals surface area contributed by atoms with E-state index < -0.39 is 0 Å². The summed E-state index contributed by atoms with van der Waals surface area (Å²) in [6.07, 6.45) is 4.45. The Hall–Kier alpha value is -2.66. The minimum Gasteiger partial charge on any atom is -0.383 e. The Bertz CT molecular complexity index is 1040. The maximum atomic E-state index is 13.5. The molecule has 4 rings (SSSR count). The van der Waals surface area contributed by atoms with Crippen molar-refractivity contribution >= 4 is 16.6 Å². The van der Waals surface area contributed by atoms with E-state index in [0.717, 1.165) is 23.4 Å². The average Bonchev–Trinajstić information content (AvgIpc) is 2.67. The third-order valence-corrected chi connectivity index (χ3v) is 6.13. The fraction of sp³-hybridized carbons (Fsp3) is 0.417. The molecule has 0 spiro atoms. The van der Waals surface area contributed by atoms with Gasteiger partial charge in [-0.2, -0.15) is 0 Å². The second kappa shape index (κ2) is 8.37. The molecule has 2 aromatic carbocycles. The number of aryl methyl sites for hydroxylation is 1. The maximum Gasteiger partial charge on any atom is 0.261 e. The molecule has 29 heavy (non-hydrogen) atoms. The molecule has 5 nitrogen and oxygen atoms in total. The van der Waals surface area contributed by atoms with Gasteiger partial charge < -0.3 is 9.64 Å². The van der Waals surface area contributed by atoms with Crippen molar-refractivity contribution in [1.29, 1.82) is 0 Å². The number of hydrogen-bond donors (Lipinski definition) is 0. The molecular weight excluding hydrogens is 362 g/mol. The summed E-state index contributed by atoms with van der Waals surface area (Å²) >= 11 is 0. The highest BCUT2D eigenvalue weighted by Crippen LogP contribution is 2.29. The average molecular weight is 392 g/mol. The van der Waals surface area contributed by atoms with Gasteiger partial charge in [0, 0.05) is 25.9 Å². The lowest BCUT2D eigenvalue weighted by Gasteiger charge is -2.36. The summed E-state index contributed by atoms with van der Waals surface area (Å²) in [5, 5.41) is 0.674. The van der Waals surface area contributed by atoms with Crippen LogP contribution in [0.25, 0.3) is 10.9 Å². The van der Waals surface area contributed by atoms with E-state index >= 15 is 0 Å². The Morgan fingerprint density at radius 2 is 1.97 bits per heavy atom. The number of rotatable bonds is 7. The number of fused-ring (bicyclic) bond motifs is 1. The van der Waals surface area contributed by atoms with Gasteiger partial charge in [-0.1, -0.05) is 30.3 Å². The van der Waals surface area contributed by atoms with E-state index in [-0.39, 0.29) is 11.6 Å². The topological polar surface area (TPSA) is 47.4 Å². The van der Waals surface area contributed by atoms with Crippen LogP contribution < -0.4 is 10.5 Å². The number of hydrogen-bond acceptors (Lipinski definition) is 4. The van der Waals surface area contributed by atoms with Gasteiger partial charge in [0.05, 0.1) is 23.6 Å². The molecule has 0 N–H and O–H groups in total. The molecule has 1 saturated carbocycles. The maximum absolute atomic E-state index is 13.5. The van der Waals surface area contributed by atoms with Crippen LogP contribution in [0.3, 0.4) is 0 Å². The third-order valence-electron chi connectivity index (χ3n) is 6.13. The molecule has 1 heterocycles. The van der Waals surface area contributed by atoms with E-state index in [1.165, 1.54) is 24.8 Å². The minimum absolute atomic E-state index is 0.00865. The molecule has 1 aliphatic rings. The van der Waals surface area contributed by atoms with Crippen molar-refractivity contribution in [3.63, 3.8) is 0 Å². The summed E-state index contributed by atoms with van der Waals surface area (Å²) in [7, 11) is 3.80. The van der Waals surface area contributed by atoms with Crippen LogP contribution in [0.15, 0.2) is 53.3 Å². The standard InChI is InChI=1S/C24H29N3O2/c1-17-25-23-13-12-20(26(2)19-10-7-11-19)15-22(23)24(28)27(17)21(16-29-3)14-18-8-5-4-6-9-18/h4-6,8-9,12-13,15,19,21H,7,10-11,14,16H2,1-3H3. The normalized spacial score (nSPS) is 15.3.